The highest BCUT2D eigenvalue weighted by Crippen LogP contribution is 2.38. The van der Waals surface area contributed by atoms with Crippen molar-refractivity contribution < 1.29 is 18.7 Å². The predicted octanol–water partition coefficient (Wildman–Crippen LogP) is 3.15. The minimum Gasteiger partial charge on any atom is -0.486 e. The quantitative estimate of drug-likeness (QED) is 0.902. The van der Waals surface area contributed by atoms with Gasteiger partial charge in [0.05, 0.1) is 11.4 Å². The number of carbonyl (C=O) groups is 1. The second-order valence-corrected chi connectivity index (χ2v) is 5.91. The molecule has 1 aliphatic rings. The van der Waals surface area contributed by atoms with Crippen molar-refractivity contribution in [2.24, 2.45) is 0 Å². The number of benzene rings is 2. The lowest BCUT2D eigenvalue weighted by Gasteiger charge is -2.20. The molecule has 126 valence electrons. The second kappa shape index (κ2) is 7.53. The fourth-order valence-corrected chi connectivity index (χ4v) is 2.80. The molecule has 0 aromatic heterocycles. The van der Waals surface area contributed by atoms with E-state index in [9.17, 15) is 9.18 Å². The lowest BCUT2D eigenvalue weighted by Crippen LogP contribution is -2.27. The lowest BCUT2D eigenvalue weighted by atomic mass is 10.1. The average molecular weight is 350 g/mol. The van der Waals surface area contributed by atoms with Crippen LogP contribution in [0.2, 0.25) is 5.02 Å². The van der Waals surface area contributed by atoms with Crippen LogP contribution in [-0.4, -0.2) is 25.7 Å². The maximum atomic E-state index is 12.8. The minimum atomic E-state index is -0.265. The maximum absolute atomic E-state index is 12.8. The van der Waals surface area contributed by atoms with Gasteiger partial charge >= 0.3 is 0 Å². The summed E-state index contributed by atoms with van der Waals surface area (Å²) in [5.41, 5.74) is 1.74. The molecule has 0 saturated heterocycles. The Morgan fingerprint density at radius 1 is 1.12 bits per heavy atom. The van der Waals surface area contributed by atoms with Crippen LogP contribution >= 0.6 is 11.6 Å². The summed E-state index contributed by atoms with van der Waals surface area (Å²) in [4.78, 5) is 12.0. The molecule has 3 rings (SSSR count). The largest absolute Gasteiger partial charge is 0.486 e. The average Bonchev–Trinajstić information content (AvgIpc) is 2.57. The number of carbonyl (C=O) groups excluding carboxylic acids is 1. The van der Waals surface area contributed by atoms with Crippen molar-refractivity contribution in [2.45, 2.75) is 12.8 Å². The standard InChI is InChI=1S/C18H17ClFNO3/c19-15-9-13(10-16-18(15)24-8-7-23-16)11-17(22)21-6-5-12-1-3-14(20)4-2-12/h1-4,9-10H,5-8,11H2,(H,21,22). The number of nitrogens with one attached hydrogen (secondary N) is 1. The molecule has 0 fully saturated rings. The first-order valence-electron chi connectivity index (χ1n) is 7.71. The van der Waals surface area contributed by atoms with E-state index in [0.717, 1.165) is 11.1 Å². The number of amides is 1. The first kappa shape index (κ1) is 16.6. The Labute approximate surface area is 144 Å². The van der Waals surface area contributed by atoms with E-state index in [1.54, 1.807) is 24.3 Å². The molecule has 0 atom stereocenters. The van der Waals surface area contributed by atoms with Crippen LogP contribution in [0.25, 0.3) is 0 Å². The first-order chi connectivity index (χ1) is 11.6. The number of rotatable bonds is 5. The molecule has 1 aliphatic heterocycles. The van der Waals surface area contributed by atoms with Crippen molar-refractivity contribution in [3.63, 3.8) is 0 Å². The molecule has 2 aromatic carbocycles. The van der Waals surface area contributed by atoms with Crippen LogP contribution in [0.4, 0.5) is 4.39 Å². The molecular weight excluding hydrogens is 333 g/mol. The highest BCUT2D eigenvalue weighted by Gasteiger charge is 2.17. The molecule has 0 spiro atoms. The molecule has 24 heavy (non-hydrogen) atoms. The summed E-state index contributed by atoms with van der Waals surface area (Å²) in [6, 6.07) is 9.74. The molecule has 0 radical (unpaired) electrons. The molecule has 0 unspecified atom stereocenters. The summed E-state index contributed by atoms with van der Waals surface area (Å²) in [6.07, 6.45) is 0.855. The van der Waals surface area contributed by atoms with Crippen LogP contribution in [0, 0.1) is 5.82 Å². The third kappa shape index (κ3) is 4.17. The van der Waals surface area contributed by atoms with E-state index in [1.807, 2.05) is 0 Å². The van der Waals surface area contributed by atoms with E-state index in [4.69, 9.17) is 21.1 Å². The topological polar surface area (TPSA) is 47.6 Å². The predicted molar refractivity (Wildman–Crippen MR) is 89.3 cm³/mol. The normalized spacial score (nSPS) is 12.8. The Balaban J connectivity index is 1.53. The van der Waals surface area contributed by atoms with Gasteiger partial charge in [0.25, 0.3) is 0 Å². The Hall–Kier alpha value is -2.27. The SMILES string of the molecule is O=C(Cc1cc(Cl)c2c(c1)OCCO2)NCCc1ccc(F)cc1. The summed E-state index contributed by atoms with van der Waals surface area (Å²) in [5, 5.41) is 3.29. The van der Waals surface area contributed by atoms with Gasteiger partial charge < -0.3 is 14.8 Å². The summed E-state index contributed by atoms with van der Waals surface area (Å²) in [6.45, 7) is 1.43. The third-order valence-corrected chi connectivity index (χ3v) is 3.95. The van der Waals surface area contributed by atoms with Crippen LogP contribution in [0.5, 0.6) is 11.5 Å². The van der Waals surface area contributed by atoms with E-state index in [1.165, 1.54) is 12.1 Å². The molecule has 1 amide bonds. The Morgan fingerprint density at radius 3 is 2.67 bits per heavy atom. The van der Waals surface area contributed by atoms with Gasteiger partial charge in [0.15, 0.2) is 11.5 Å². The van der Waals surface area contributed by atoms with Crippen molar-refractivity contribution in [2.75, 3.05) is 19.8 Å². The molecule has 0 saturated carbocycles. The number of hydrogen-bond acceptors (Lipinski definition) is 3. The highest BCUT2D eigenvalue weighted by molar-refractivity contribution is 6.32. The van der Waals surface area contributed by atoms with Gasteiger partial charge in [0, 0.05) is 6.54 Å². The number of fused-ring (bicyclic) bond motifs is 1. The van der Waals surface area contributed by atoms with Gasteiger partial charge in [-0.1, -0.05) is 23.7 Å². The zero-order chi connectivity index (χ0) is 16.9. The Bertz CT molecular complexity index is 734. The van der Waals surface area contributed by atoms with Gasteiger partial charge in [-0.25, -0.2) is 4.39 Å². The maximum Gasteiger partial charge on any atom is 0.224 e. The summed E-state index contributed by atoms with van der Waals surface area (Å²) >= 11 is 6.16. The van der Waals surface area contributed by atoms with Crippen LogP contribution < -0.4 is 14.8 Å². The van der Waals surface area contributed by atoms with Crippen LogP contribution in [0.3, 0.4) is 0 Å². The summed E-state index contributed by atoms with van der Waals surface area (Å²) < 4.78 is 23.8. The zero-order valence-electron chi connectivity index (χ0n) is 13.0. The molecule has 2 aromatic rings. The third-order valence-electron chi connectivity index (χ3n) is 3.67. The fraction of sp³-hybridized carbons (Fsp3) is 0.278. The molecule has 1 N–H and O–H groups in total. The highest BCUT2D eigenvalue weighted by atomic mass is 35.5. The van der Waals surface area contributed by atoms with Gasteiger partial charge in [0.2, 0.25) is 5.91 Å². The van der Waals surface area contributed by atoms with Gasteiger partial charge in [-0.2, -0.15) is 0 Å². The van der Waals surface area contributed by atoms with E-state index in [2.05, 4.69) is 5.32 Å². The number of halogens is 2. The van der Waals surface area contributed by atoms with Gasteiger partial charge in [-0.3, -0.25) is 4.79 Å². The molecule has 6 heteroatoms. The van der Waals surface area contributed by atoms with Crippen molar-refractivity contribution in [1.82, 2.24) is 5.32 Å². The van der Waals surface area contributed by atoms with E-state index in [0.29, 0.717) is 42.7 Å². The smallest absolute Gasteiger partial charge is 0.224 e. The summed E-state index contributed by atoms with van der Waals surface area (Å²) in [7, 11) is 0. The van der Waals surface area contributed by atoms with E-state index in [-0.39, 0.29) is 18.1 Å². The molecular formula is C18H17ClFNO3. The van der Waals surface area contributed by atoms with Crippen LogP contribution in [0.1, 0.15) is 11.1 Å². The van der Waals surface area contributed by atoms with E-state index < -0.39 is 0 Å². The Kier molecular flexibility index (Phi) is 5.20. The lowest BCUT2D eigenvalue weighted by molar-refractivity contribution is -0.120. The van der Waals surface area contributed by atoms with Gasteiger partial charge in [-0.15, -0.1) is 0 Å². The first-order valence-corrected chi connectivity index (χ1v) is 8.09. The van der Waals surface area contributed by atoms with E-state index >= 15 is 0 Å². The molecule has 0 aliphatic carbocycles. The zero-order valence-corrected chi connectivity index (χ0v) is 13.7. The van der Waals surface area contributed by atoms with Crippen LogP contribution in [-0.2, 0) is 17.6 Å². The minimum absolute atomic E-state index is 0.107. The Morgan fingerprint density at radius 2 is 1.88 bits per heavy atom. The van der Waals surface area contributed by atoms with Crippen molar-refractivity contribution >= 4 is 17.5 Å². The molecule has 1 heterocycles. The fourth-order valence-electron chi connectivity index (χ4n) is 2.51. The van der Waals surface area contributed by atoms with Gasteiger partial charge in [-0.05, 0) is 41.8 Å². The second-order valence-electron chi connectivity index (χ2n) is 5.51. The van der Waals surface area contributed by atoms with Crippen LogP contribution in [0.15, 0.2) is 36.4 Å². The number of hydrogen-bond donors (Lipinski definition) is 1. The van der Waals surface area contributed by atoms with Crippen molar-refractivity contribution in [3.8, 4) is 11.5 Å². The van der Waals surface area contributed by atoms with Crippen molar-refractivity contribution in [1.29, 1.82) is 0 Å². The van der Waals surface area contributed by atoms with Gasteiger partial charge in [0.1, 0.15) is 19.0 Å². The monoisotopic (exact) mass is 349 g/mol. The van der Waals surface area contributed by atoms with Crippen molar-refractivity contribution in [3.05, 3.63) is 58.4 Å². The number of ether oxygens (including phenoxy) is 2. The summed E-state index contributed by atoms with van der Waals surface area (Å²) in [5.74, 6) is 0.731. The molecule has 0 bridgehead atoms. The molecule has 4 nitrogen and oxygen atoms in total.